The molecule has 2 N–H and O–H groups in total. The lowest BCUT2D eigenvalue weighted by molar-refractivity contribution is -0.0678. The topological polar surface area (TPSA) is 54.8 Å². The van der Waals surface area contributed by atoms with Gasteiger partial charge in [0.2, 0.25) is 0 Å². The van der Waals surface area contributed by atoms with Gasteiger partial charge in [0.05, 0.1) is 11.9 Å². The van der Waals surface area contributed by atoms with Gasteiger partial charge in [-0.1, -0.05) is 0 Å². The van der Waals surface area contributed by atoms with E-state index >= 15 is 0 Å². The van der Waals surface area contributed by atoms with Crippen molar-refractivity contribution in [1.29, 1.82) is 0 Å². The molecule has 3 rings (SSSR count). The quantitative estimate of drug-likeness (QED) is 0.739. The van der Waals surface area contributed by atoms with Crippen molar-refractivity contribution < 1.29 is 8.78 Å². The number of anilines is 1. The van der Waals surface area contributed by atoms with Gasteiger partial charge in [0, 0.05) is 49.0 Å². The van der Waals surface area contributed by atoms with Gasteiger partial charge in [0.15, 0.2) is 5.65 Å². The molecule has 0 spiro atoms. The number of halogens is 3. The molecule has 0 aromatic carbocycles. The molecule has 114 valence electrons. The van der Waals surface area contributed by atoms with E-state index in [4.69, 9.17) is 0 Å². The molecule has 0 amide bonds. The first-order valence-corrected chi connectivity index (χ1v) is 9.87. The molecule has 1 aliphatic rings. The van der Waals surface area contributed by atoms with Crippen LogP contribution in [0.25, 0.3) is 11.0 Å². The van der Waals surface area contributed by atoms with E-state index in [0.717, 1.165) is 11.0 Å². The minimum absolute atomic E-state index is 0.212. The van der Waals surface area contributed by atoms with Gasteiger partial charge in [-0.2, -0.15) is 0 Å². The van der Waals surface area contributed by atoms with Crippen LogP contribution >= 0.6 is 30.3 Å². The number of alkyl halides is 2. The molecule has 9 heteroatoms. The van der Waals surface area contributed by atoms with Crippen LogP contribution in [-0.4, -0.2) is 39.5 Å². The molecule has 0 aliphatic carbocycles. The molecule has 1 saturated heterocycles. The number of nitrogens with zero attached hydrogens (tertiary/aromatic N) is 3. The van der Waals surface area contributed by atoms with Gasteiger partial charge < -0.3 is 10.6 Å². The molecular formula is C12H14F2IN5S. The van der Waals surface area contributed by atoms with Crippen molar-refractivity contribution in [3.63, 3.8) is 0 Å². The Kier molecular flexibility index (Phi) is 4.50. The lowest BCUT2D eigenvalue weighted by Crippen LogP contribution is -2.48. The predicted octanol–water partition coefficient (Wildman–Crippen LogP) is 2.93. The first kappa shape index (κ1) is 15.2. The van der Waals surface area contributed by atoms with Crippen molar-refractivity contribution in [3.8, 4) is 0 Å². The number of hydrogen-bond acceptors (Lipinski definition) is 5. The van der Waals surface area contributed by atoms with Crippen LogP contribution in [0.1, 0.15) is 6.42 Å². The van der Waals surface area contributed by atoms with Crippen LogP contribution < -0.4 is 10.6 Å². The molecule has 2 aromatic rings. The maximum atomic E-state index is 13.8. The summed E-state index contributed by atoms with van der Waals surface area (Å²) in [5, 5.41) is 6.65. The molecule has 2 aromatic heterocycles. The average molecular weight is 425 g/mol. The van der Waals surface area contributed by atoms with Gasteiger partial charge in [-0.15, -0.1) is 0 Å². The highest BCUT2D eigenvalue weighted by molar-refractivity contribution is 14.2. The smallest absolute Gasteiger partial charge is 0.264 e. The van der Waals surface area contributed by atoms with Gasteiger partial charge in [-0.3, -0.25) is 3.97 Å². The summed E-state index contributed by atoms with van der Waals surface area (Å²) in [6.45, 7) is 0.590. The summed E-state index contributed by atoms with van der Waals surface area (Å²) in [5.74, 6) is -2.75. The molecule has 0 saturated carbocycles. The van der Waals surface area contributed by atoms with Crippen molar-refractivity contribution >= 4 is 47.2 Å². The van der Waals surface area contributed by atoms with Crippen molar-refractivity contribution in [2.24, 2.45) is 5.92 Å². The van der Waals surface area contributed by atoms with Crippen molar-refractivity contribution in [3.05, 3.63) is 18.6 Å². The van der Waals surface area contributed by atoms with Gasteiger partial charge in [-0.25, -0.2) is 18.7 Å². The standard InChI is InChI=1S/C12H14F2IN5S/c13-12(14)6-16-3-1-8(12)5-17-10-9-2-4-20(21-15)11(9)19-7-18-10/h2,4,7-8,16H,1,3,5-6H2,(H,17,18,19)/t8-/m1/s1. The van der Waals surface area contributed by atoms with Gasteiger partial charge in [0.1, 0.15) is 12.1 Å². The highest BCUT2D eigenvalue weighted by Crippen LogP contribution is 2.31. The van der Waals surface area contributed by atoms with E-state index in [9.17, 15) is 8.78 Å². The molecule has 1 aliphatic heterocycles. The Labute approximate surface area is 137 Å². The normalized spacial score (nSPS) is 21.6. The fourth-order valence-corrected chi connectivity index (χ4v) is 3.75. The second-order valence-electron chi connectivity index (χ2n) is 4.97. The molecule has 0 bridgehead atoms. The third-order valence-corrected chi connectivity index (χ3v) is 5.38. The van der Waals surface area contributed by atoms with Crippen LogP contribution in [-0.2, 0) is 0 Å². The Morgan fingerprint density at radius 1 is 1.52 bits per heavy atom. The summed E-state index contributed by atoms with van der Waals surface area (Å²) >= 11 is 2.16. The zero-order chi connectivity index (χ0) is 14.9. The molecule has 21 heavy (non-hydrogen) atoms. The SMILES string of the molecule is FC1(F)CNCC[C@@H]1CNc1ncnc2c1ccn2SI. The number of fused-ring (bicyclic) bond motifs is 1. The van der Waals surface area contributed by atoms with Gasteiger partial charge in [0.25, 0.3) is 5.92 Å². The minimum Gasteiger partial charge on any atom is -0.369 e. The molecular weight excluding hydrogens is 411 g/mol. The monoisotopic (exact) mass is 425 g/mol. The third kappa shape index (κ3) is 3.09. The van der Waals surface area contributed by atoms with E-state index in [1.807, 2.05) is 16.2 Å². The maximum absolute atomic E-state index is 13.8. The highest BCUT2D eigenvalue weighted by Gasteiger charge is 2.41. The first-order valence-electron chi connectivity index (χ1n) is 6.55. The Bertz CT molecular complexity index is 635. The zero-order valence-electron chi connectivity index (χ0n) is 11.0. The lowest BCUT2D eigenvalue weighted by atomic mass is 9.94. The summed E-state index contributed by atoms with van der Waals surface area (Å²) in [7, 11) is 1.50. The summed E-state index contributed by atoms with van der Waals surface area (Å²) < 4.78 is 29.5. The Morgan fingerprint density at radius 2 is 2.38 bits per heavy atom. The van der Waals surface area contributed by atoms with E-state index in [-0.39, 0.29) is 13.1 Å². The number of rotatable bonds is 4. The Balaban J connectivity index is 1.77. The third-order valence-electron chi connectivity index (χ3n) is 3.67. The number of piperidine rings is 1. The lowest BCUT2D eigenvalue weighted by Gasteiger charge is -2.32. The molecule has 1 fully saturated rings. The Hall–Kier alpha value is -0.680. The minimum atomic E-state index is -2.68. The van der Waals surface area contributed by atoms with Crippen LogP contribution in [0.2, 0.25) is 0 Å². The van der Waals surface area contributed by atoms with E-state index in [1.54, 1.807) is 0 Å². The average Bonchev–Trinajstić information content (AvgIpc) is 2.89. The fraction of sp³-hybridized carbons (Fsp3) is 0.500. The van der Waals surface area contributed by atoms with Crippen molar-refractivity contribution in [2.45, 2.75) is 12.3 Å². The number of hydrogen-bond donors (Lipinski definition) is 2. The Morgan fingerprint density at radius 3 is 3.14 bits per heavy atom. The summed E-state index contributed by atoms with van der Waals surface area (Å²) in [5.41, 5.74) is 0.781. The second-order valence-corrected chi connectivity index (χ2v) is 6.69. The van der Waals surface area contributed by atoms with Crippen LogP contribution in [0.5, 0.6) is 0 Å². The predicted molar refractivity (Wildman–Crippen MR) is 89.0 cm³/mol. The van der Waals surface area contributed by atoms with E-state index < -0.39 is 11.8 Å². The van der Waals surface area contributed by atoms with E-state index in [0.29, 0.717) is 18.8 Å². The van der Waals surface area contributed by atoms with Crippen LogP contribution in [0.15, 0.2) is 18.6 Å². The van der Waals surface area contributed by atoms with Crippen LogP contribution in [0.3, 0.4) is 0 Å². The molecule has 1 atom stereocenters. The molecule has 5 nitrogen and oxygen atoms in total. The zero-order valence-corrected chi connectivity index (χ0v) is 14.0. The molecule has 3 heterocycles. The largest absolute Gasteiger partial charge is 0.369 e. The summed E-state index contributed by atoms with van der Waals surface area (Å²) in [4.78, 5) is 8.40. The van der Waals surface area contributed by atoms with Crippen molar-refractivity contribution in [2.75, 3.05) is 25.0 Å². The fourth-order valence-electron chi connectivity index (χ4n) is 2.48. The van der Waals surface area contributed by atoms with E-state index in [2.05, 4.69) is 41.8 Å². The maximum Gasteiger partial charge on any atom is 0.264 e. The van der Waals surface area contributed by atoms with Crippen LogP contribution in [0, 0.1) is 5.92 Å². The summed E-state index contributed by atoms with van der Waals surface area (Å²) in [6, 6.07) is 1.89. The van der Waals surface area contributed by atoms with Gasteiger partial charge >= 0.3 is 0 Å². The molecule has 0 radical (unpaired) electrons. The first-order chi connectivity index (χ1) is 10.1. The number of nitrogens with one attached hydrogen (secondary N) is 2. The molecule has 0 unspecified atom stereocenters. The highest BCUT2D eigenvalue weighted by atomic mass is 127. The second kappa shape index (κ2) is 6.21. The summed E-state index contributed by atoms with van der Waals surface area (Å²) in [6.07, 6.45) is 3.80. The number of aromatic nitrogens is 3. The van der Waals surface area contributed by atoms with Gasteiger partial charge in [-0.05, 0) is 19.0 Å². The van der Waals surface area contributed by atoms with E-state index in [1.165, 1.54) is 15.4 Å². The van der Waals surface area contributed by atoms with Crippen LogP contribution in [0.4, 0.5) is 14.6 Å². The van der Waals surface area contributed by atoms with Crippen molar-refractivity contribution in [1.82, 2.24) is 19.3 Å².